The summed E-state index contributed by atoms with van der Waals surface area (Å²) in [5.74, 6) is -1.32. The third kappa shape index (κ3) is 6.69. The summed E-state index contributed by atoms with van der Waals surface area (Å²) in [7, 11) is 0. The van der Waals surface area contributed by atoms with Crippen LogP contribution in [0.4, 0.5) is 10.8 Å². The van der Waals surface area contributed by atoms with Gasteiger partial charge in [-0.25, -0.2) is 4.98 Å². The van der Waals surface area contributed by atoms with Gasteiger partial charge in [-0.15, -0.1) is 11.3 Å². The quantitative estimate of drug-likeness (QED) is 0.469. The third-order valence-corrected chi connectivity index (χ3v) is 4.36. The molecule has 6 heteroatoms. The fourth-order valence-electron chi connectivity index (χ4n) is 2.27. The zero-order chi connectivity index (χ0) is 31.2. The van der Waals surface area contributed by atoms with Crippen molar-refractivity contribution in [1.29, 1.82) is 0 Å². The number of carbonyl (C=O) groups is 1. The Balaban J connectivity index is 1.84. The highest BCUT2D eigenvalue weighted by atomic mass is 32.1. The molecule has 1 aromatic heterocycles. The van der Waals surface area contributed by atoms with E-state index in [1.54, 1.807) is 0 Å². The van der Waals surface area contributed by atoms with Crippen LogP contribution in [-0.2, 0) is 17.5 Å². The van der Waals surface area contributed by atoms with Gasteiger partial charge in [0.2, 0.25) is 5.91 Å². The number of carbonyl (C=O) groups excluding carboxylic acids is 1. The first kappa shape index (κ1) is 10.4. The molecule has 0 bridgehead atoms. The van der Waals surface area contributed by atoms with Gasteiger partial charge in [0.1, 0.15) is 0 Å². The number of benzene rings is 2. The minimum absolute atomic E-state index is 0.0152. The van der Waals surface area contributed by atoms with Gasteiger partial charge in [0.25, 0.3) is 0 Å². The fraction of sp³-hybridized carbons (Fsp3) is 0.304. The number of amides is 1. The fourth-order valence-corrected chi connectivity index (χ4v) is 2.77. The normalized spacial score (nSPS) is 18.8. The van der Waals surface area contributed by atoms with E-state index in [9.17, 15) is 9.90 Å². The first-order valence-corrected chi connectivity index (χ1v) is 9.61. The Morgan fingerprint density at radius 2 is 1.97 bits per heavy atom. The molecule has 1 atom stereocenters. The molecule has 0 fully saturated rings. The average Bonchev–Trinajstić information content (AvgIpc) is 3.34. The molecule has 0 aliphatic carbocycles. The molecular formula is C23H27N3O2S. The van der Waals surface area contributed by atoms with Crippen molar-refractivity contribution in [2.45, 2.75) is 45.0 Å². The molecule has 0 aliphatic heterocycles. The topological polar surface area (TPSA) is 88.2 Å². The number of thiazole rings is 1. The van der Waals surface area contributed by atoms with Crippen LogP contribution in [0.15, 0.2) is 53.7 Å². The maximum Gasteiger partial charge on any atom is 0.230 e. The Bertz CT molecular complexity index is 1450. The van der Waals surface area contributed by atoms with E-state index in [-0.39, 0.29) is 46.9 Å². The van der Waals surface area contributed by atoms with Gasteiger partial charge in [-0.2, -0.15) is 0 Å². The Kier molecular flexibility index (Phi) is 3.64. The van der Waals surface area contributed by atoms with Crippen LogP contribution < -0.4 is 11.1 Å². The number of nitrogens with one attached hydrogen (secondary N) is 1. The number of nitrogen functional groups attached to an aromatic ring is 1. The molecular weight excluding hydrogens is 382 g/mol. The van der Waals surface area contributed by atoms with E-state index < -0.39 is 78.7 Å². The van der Waals surface area contributed by atoms with Crippen LogP contribution in [0.1, 0.15) is 64.2 Å². The van der Waals surface area contributed by atoms with E-state index in [2.05, 4.69) is 10.3 Å². The minimum Gasteiger partial charge on any atom is -0.388 e. The molecule has 29 heavy (non-hydrogen) atoms. The summed E-state index contributed by atoms with van der Waals surface area (Å²) in [6.45, 7) is 1.42. The van der Waals surface area contributed by atoms with Gasteiger partial charge in [-0.3, -0.25) is 4.79 Å². The molecule has 2 aromatic carbocycles. The number of aliphatic hydroxyl groups excluding tert-OH is 1. The SMILES string of the molecule is [2H]c1c([2H])c([C@@H](O)CCCC([2H])([2H])c2c([2H])c([2H])c(NC(=O)C([2H])([2H])c3csc(N)n3)c([2H])c2[2H])c([2H])c([2H])c1C. The van der Waals surface area contributed by atoms with Crippen molar-refractivity contribution < 1.29 is 26.4 Å². The van der Waals surface area contributed by atoms with Crippen molar-refractivity contribution in [2.75, 3.05) is 11.1 Å². The number of nitrogens with zero attached hydrogens (tertiary/aromatic N) is 1. The van der Waals surface area contributed by atoms with E-state index in [0.29, 0.717) is 0 Å². The van der Waals surface area contributed by atoms with E-state index >= 15 is 0 Å². The van der Waals surface area contributed by atoms with Crippen molar-refractivity contribution in [1.82, 2.24) is 4.98 Å². The highest BCUT2D eigenvalue weighted by molar-refractivity contribution is 7.13. The van der Waals surface area contributed by atoms with Crippen molar-refractivity contribution >= 4 is 28.1 Å². The maximum absolute atomic E-state index is 12.7. The second-order valence-corrected chi connectivity index (χ2v) is 6.91. The van der Waals surface area contributed by atoms with E-state index in [0.717, 1.165) is 11.3 Å². The molecule has 0 unspecified atom stereocenters. The number of aliphatic hydroxyl groups is 1. The highest BCUT2D eigenvalue weighted by Crippen LogP contribution is 2.21. The molecule has 1 amide bonds. The lowest BCUT2D eigenvalue weighted by Crippen LogP contribution is -2.14. The molecule has 5 nitrogen and oxygen atoms in total. The van der Waals surface area contributed by atoms with Crippen molar-refractivity contribution in [2.24, 2.45) is 0 Å². The van der Waals surface area contributed by atoms with E-state index in [1.165, 1.54) is 12.3 Å². The van der Waals surface area contributed by atoms with Crippen LogP contribution in [0.5, 0.6) is 0 Å². The summed E-state index contributed by atoms with van der Waals surface area (Å²) in [6, 6.07) is -4.57. The van der Waals surface area contributed by atoms with Crippen molar-refractivity contribution in [3.8, 4) is 0 Å². The largest absolute Gasteiger partial charge is 0.388 e. The Labute approximate surface area is 192 Å². The molecule has 4 N–H and O–H groups in total. The van der Waals surface area contributed by atoms with Crippen LogP contribution in [0.3, 0.4) is 0 Å². The first-order chi connectivity index (χ1) is 18.8. The van der Waals surface area contributed by atoms with Gasteiger partial charge in [-0.1, -0.05) is 48.2 Å². The Morgan fingerprint density at radius 3 is 2.62 bits per heavy atom. The Morgan fingerprint density at radius 1 is 1.24 bits per heavy atom. The second kappa shape index (κ2) is 10.2. The number of aromatic nitrogens is 1. The molecule has 0 radical (unpaired) electrons. The van der Waals surface area contributed by atoms with Gasteiger partial charge >= 0.3 is 0 Å². The number of rotatable bonds is 9. The van der Waals surface area contributed by atoms with Crippen LogP contribution in [0.25, 0.3) is 0 Å². The molecule has 0 saturated carbocycles. The first-order valence-electron chi connectivity index (χ1n) is 14.7. The summed E-state index contributed by atoms with van der Waals surface area (Å²) in [5.41, 5.74) is 3.85. The van der Waals surface area contributed by atoms with Gasteiger partial charge < -0.3 is 16.2 Å². The van der Waals surface area contributed by atoms with Gasteiger partial charge in [0.15, 0.2) is 5.13 Å². The van der Waals surface area contributed by atoms with Crippen molar-refractivity contribution in [3.63, 3.8) is 0 Å². The lowest BCUT2D eigenvalue weighted by Gasteiger charge is -2.11. The van der Waals surface area contributed by atoms with Crippen LogP contribution in [0, 0.1) is 6.92 Å². The van der Waals surface area contributed by atoms with Crippen LogP contribution in [0.2, 0.25) is 0 Å². The molecule has 3 rings (SSSR count). The summed E-state index contributed by atoms with van der Waals surface area (Å²) in [6.07, 6.45) is -7.28. The minimum atomic E-state index is -2.72. The van der Waals surface area contributed by atoms with Crippen molar-refractivity contribution in [3.05, 3.63) is 76.1 Å². The third-order valence-electron chi connectivity index (χ3n) is 3.69. The van der Waals surface area contributed by atoms with Gasteiger partial charge in [-0.05, 0) is 49.4 Å². The predicted octanol–water partition coefficient (Wildman–Crippen LogP) is 4.66. The van der Waals surface area contributed by atoms with E-state index in [1.807, 2.05) is 0 Å². The van der Waals surface area contributed by atoms with Crippen LogP contribution in [-0.4, -0.2) is 16.0 Å². The summed E-state index contributed by atoms with van der Waals surface area (Å²) < 4.78 is 98.3. The summed E-state index contributed by atoms with van der Waals surface area (Å²) in [4.78, 5) is 16.4. The van der Waals surface area contributed by atoms with Gasteiger partial charge in [0.05, 0.1) is 29.1 Å². The standard InChI is InChI=1S/C23H27N3O2S/c1-16-6-10-18(11-7-16)21(27)5-3-2-4-17-8-12-19(13-9-17)25-22(28)14-20-15-29-23(24)26-20/h6-13,15,21,27H,2-5,14H2,1H3,(H2,24,26)(H,25,28)/t21-/m0/s1/i4D2,6D,7D,8D,9D,10D,11D,12D,13D,14D2. The zero-order valence-electron chi connectivity index (χ0n) is 27.6. The maximum atomic E-state index is 12.7. The van der Waals surface area contributed by atoms with Gasteiger partial charge in [0, 0.05) is 16.6 Å². The average molecular weight is 422 g/mol. The smallest absolute Gasteiger partial charge is 0.230 e. The summed E-state index contributed by atoms with van der Waals surface area (Å²) >= 11 is 0.901. The molecule has 0 spiro atoms. The number of nitrogens with two attached hydrogens (primary N) is 1. The monoisotopic (exact) mass is 421 g/mol. The Hall–Kier alpha value is -2.70. The predicted molar refractivity (Wildman–Crippen MR) is 119 cm³/mol. The zero-order valence-corrected chi connectivity index (χ0v) is 16.4. The molecule has 152 valence electrons. The van der Waals surface area contributed by atoms with E-state index in [4.69, 9.17) is 22.2 Å². The number of hydrogen-bond donors (Lipinski definition) is 3. The number of anilines is 2. The number of hydrogen-bond acceptors (Lipinski definition) is 5. The molecule has 0 saturated heterocycles. The highest BCUT2D eigenvalue weighted by Gasteiger charge is 2.08. The molecule has 1 heterocycles. The lowest BCUT2D eigenvalue weighted by molar-refractivity contribution is -0.115. The molecule has 0 aliphatic rings. The van der Waals surface area contributed by atoms with Crippen LogP contribution >= 0.6 is 11.3 Å². The second-order valence-electron chi connectivity index (χ2n) is 6.02. The lowest BCUT2D eigenvalue weighted by atomic mass is 10.0. The summed E-state index contributed by atoms with van der Waals surface area (Å²) in [5, 5.41) is 13.9. The molecule has 3 aromatic rings.